The van der Waals surface area contributed by atoms with Crippen molar-refractivity contribution < 1.29 is 18.8 Å². The van der Waals surface area contributed by atoms with Gasteiger partial charge in [0, 0.05) is 24.9 Å². The van der Waals surface area contributed by atoms with Gasteiger partial charge in [-0.25, -0.2) is 4.98 Å². The van der Waals surface area contributed by atoms with E-state index in [0.29, 0.717) is 30.5 Å². The predicted octanol–water partition coefficient (Wildman–Crippen LogP) is 2.70. The van der Waals surface area contributed by atoms with Crippen LogP contribution >= 0.6 is 0 Å². The van der Waals surface area contributed by atoms with Crippen molar-refractivity contribution in [3.63, 3.8) is 0 Å². The molecule has 3 fully saturated rings. The molecule has 2 saturated heterocycles. The van der Waals surface area contributed by atoms with Crippen LogP contribution in [0.1, 0.15) is 53.0 Å². The van der Waals surface area contributed by atoms with Crippen molar-refractivity contribution in [2.45, 2.75) is 64.2 Å². The minimum Gasteiger partial charge on any atom is -0.460 e. The van der Waals surface area contributed by atoms with Gasteiger partial charge in [0.1, 0.15) is 11.3 Å². The fraction of sp³-hybridized carbons (Fsp3) is 0.545. The molecule has 5 rings (SSSR count). The summed E-state index contributed by atoms with van der Waals surface area (Å²) in [6, 6.07) is 4.45. The molecule has 8 heteroatoms. The average Bonchev–Trinajstić information content (AvgIpc) is 3.18. The van der Waals surface area contributed by atoms with Gasteiger partial charge in [0.05, 0.1) is 23.0 Å². The lowest BCUT2D eigenvalue weighted by atomic mass is 9.78. The summed E-state index contributed by atoms with van der Waals surface area (Å²) in [6.07, 6.45) is 4.57. The van der Waals surface area contributed by atoms with E-state index in [1.165, 1.54) is 0 Å². The molecule has 0 radical (unpaired) electrons. The molecule has 2 aliphatic heterocycles. The summed E-state index contributed by atoms with van der Waals surface area (Å²) in [6.45, 7) is 12.8. The Hall–Kier alpha value is -2.32. The number of nitrogens with one attached hydrogen (secondary N) is 1. The van der Waals surface area contributed by atoms with Gasteiger partial charge in [-0.3, -0.25) is 4.79 Å². The highest BCUT2D eigenvalue weighted by Crippen LogP contribution is 2.41. The third kappa shape index (κ3) is 3.22. The molecule has 1 aromatic heterocycles. The molecule has 7 nitrogen and oxygen atoms in total. The van der Waals surface area contributed by atoms with E-state index in [-0.39, 0.29) is 11.8 Å². The van der Waals surface area contributed by atoms with Gasteiger partial charge in [0.2, 0.25) is 5.91 Å². The highest BCUT2D eigenvalue weighted by molar-refractivity contribution is 6.62. The molecule has 1 amide bonds. The summed E-state index contributed by atoms with van der Waals surface area (Å²) in [7, 11) is -0.504. The molecule has 1 N–H and O–H groups in total. The monoisotopic (exact) mass is 409 g/mol. The maximum Gasteiger partial charge on any atom is 0.495 e. The minimum absolute atomic E-state index is 0.0314. The number of carbonyl (C=O) groups excluding carboxylic acids is 1. The van der Waals surface area contributed by atoms with Gasteiger partial charge in [0.25, 0.3) is 0 Å². The number of rotatable bonds is 5. The first-order valence-corrected chi connectivity index (χ1v) is 10.6. The van der Waals surface area contributed by atoms with Crippen LogP contribution in [-0.2, 0) is 14.1 Å². The third-order valence-corrected chi connectivity index (χ3v) is 6.80. The van der Waals surface area contributed by atoms with Crippen molar-refractivity contribution in [3.05, 3.63) is 30.8 Å². The minimum atomic E-state index is -0.504. The Morgan fingerprint density at radius 3 is 2.57 bits per heavy atom. The van der Waals surface area contributed by atoms with Crippen LogP contribution in [0.4, 0.5) is 0 Å². The quantitative estimate of drug-likeness (QED) is 0.607. The molecular weight excluding hydrogens is 381 g/mol. The molecule has 1 atom stereocenters. The predicted molar refractivity (Wildman–Crippen MR) is 115 cm³/mol. The molecule has 0 unspecified atom stereocenters. The molecule has 2 aromatic rings. The Morgan fingerprint density at radius 2 is 1.97 bits per heavy atom. The van der Waals surface area contributed by atoms with Crippen molar-refractivity contribution in [1.29, 1.82) is 0 Å². The van der Waals surface area contributed by atoms with E-state index in [4.69, 9.17) is 14.0 Å². The van der Waals surface area contributed by atoms with Gasteiger partial charge >= 0.3 is 7.12 Å². The lowest BCUT2D eigenvalue weighted by molar-refractivity contribution is -0.119. The summed E-state index contributed by atoms with van der Waals surface area (Å²) >= 11 is 0. The molecule has 1 saturated carbocycles. The average molecular weight is 409 g/mol. The van der Waals surface area contributed by atoms with Gasteiger partial charge in [-0.1, -0.05) is 6.58 Å². The van der Waals surface area contributed by atoms with E-state index >= 15 is 0 Å². The normalized spacial score (nSPS) is 25.0. The molecule has 158 valence electrons. The Balaban J connectivity index is 1.53. The first kappa shape index (κ1) is 19.6. The summed E-state index contributed by atoms with van der Waals surface area (Å²) < 4.78 is 21.0. The number of imidazole rings is 1. The largest absolute Gasteiger partial charge is 0.495 e. The van der Waals surface area contributed by atoms with Crippen molar-refractivity contribution in [3.8, 4) is 5.75 Å². The summed E-state index contributed by atoms with van der Waals surface area (Å²) in [5, 5.41) is 2.84. The van der Waals surface area contributed by atoms with Crippen molar-refractivity contribution >= 4 is 29.5 Å². The first-order valence-electron chi connectivity index (χ1n) is 10.6. The third-order valence-electron chi connectivity index (χ3n) is 6.80. The molecule has 1 aromatic carbocycles. The maximum absolute atomic E-state index is 11.6. The van der Waals surface area contributed by atoms with E-state index in [2.05, 4.69) is 21.4 Å². The number of carbonyl (C=O) groups is 1. The number of benzene rings is 1. The number of hydrogen-bond acceptors (Lipinski definition) is 5. The highest BCUT2D eigenvalue weighted by Gasteiger charge is 2.52. The van der Waals surface area contributed by atoms with E-state index < -0.39 is 18.3 Å². The molecule has 0 spiro atoms. The number of fused-ring (bicyclic) bond motifs is 1. The molecular formula is C22H28BN3O4. The highest BCUT2D eigenvalue weighted by atomic mass is 16.7. The zero-order valence-corrected chi connectivity index (χ0v) is 18.0. The Labute approximate surface area is 176 Å². The second kappa shape index (κ2) is 6.59. The lowest BCUT2D eigenvalue weighted by Gasteiger charge is -2.32. The van der Waals surface area contributed by atoms with Gasteiger partial charge in [-0.05, 0) is 58.1 Å². The Kier molecular flexibility index (Phi) is 4.31. The zero-order chi connectivity index (χ0) is 21.3. The van der Waals surface area contributed by atoms with Gasteiger partial charge in [-0.15, -0.1) is 0 Å². The second-order valence-electron chi connectivity index (χ2n) is 9.63. The van der Waals surface area contributed by atoms with Crippen LogP contribution in [0.15, 0.2) is 30.8 Å². The molecule has 0 bridgehead atoms. The van der Waals surface area contributed by atoms with Crippen LogP contribution in [0.3, 0.4) is 0 Å². The maximum atomic E-state index is 11.6. The zero-order valence-electron chi connectivity index (χ0n) is 18.0. The van der Waals surface area contributed by atoms with Crippen LogP contribution in [-0.4, -0.2) is 40.3 Å². The van der Waals surface area contributed by atoms with Crippen LogP contribution in [0.5, 0.6) is 5.75 Å². The van der Waals surface area contributed by atoms with Crippen LogP contribution in [0, 0.1) is 5.92 Å². The van der Waals surface area contributed by atoms with E-state index in [0.717, 1.165) is 29.3 Å². The summed E-state index contributed by atoms with van der Waals surface area (Å²) in [4.78, 5) is 16.3. The Morgan fingerprint density at radius 1 is 1.27 bits per heavy atom. The van der Waals surface area contributed by atoms with E-state index in [9.17, 15) is 4.79 Å². The van der Waals surface area contributed by atoms with Gasteiger partial charge in [-0.2, -0.15) is 0 Å². The van der Waals surface area contributed by atoms with Crippen LogP contribution in [0.2, 0.25) is 0 Å². The number of hydrogen-bond donors (Lipinski definition) is 1. The number of aromatic nitrogens is 2. The Bertz CT molecular complexity index is 1020. The SMILES string of the molecule is C=C(Oc1cc(B2OC(C)(C)C(C)(C)O2)cc2ncn(C3CC3)c12)[C@H]1CNC(=O)C1. The number of ether oxygens (including phenoxy) is 1. The summed E-state index contributed by atoms with van der Waals surface area (Å²) in [5.74, 6) is 1.27. The molecule has 30 heavy (non-hydrogen) atoms. The van der Waals surface area contributed by atoms with Crippen molar-refractivity contribution in [2.24, 2.45) is 5.92 Å². The van der Waals surface area contributed by atoms with Crippen LogP contribution in [0.25, 0.3) is 11.0 Å². The lowest BCUT2D eigenvalue weighted by Crippen LogP contribution is -2.41. The molecule has 3 aliphatic rings. The fourth-order valence-corrected chi connectivity index (χ4v) is 4.03. The standard InChI is InChI=1S/C22H28BN3O4/c1-13(14-8-19(27)24-11-14)28-18-10-15(23-29-21(2,3)22(4,5)30-23)9-17-20(18)26(12-25-17)16-6-7-16/h9-10,12,14,16H,1,6-8,11H2,2-5H3,(H,24,27)/t14-/m1/s1. The smallest absolute Gasteiger partial charge is 0.460 e. The topological polar surface area (TPSA) is 74.6 Å². The van der Waals surface area contributed by atoms with E-state index in [1.807, 2.05) is 46.2 Å². The molecule has 3 heterocycles. The van der Waals surface area contributed by atoms with E-state index in [1.54, 1.807) is 0 Å². The fourth-order valence-electron chi connectivity index (χ4n) is 4.03. The van der Waals surface area contributed by atoms with Crippen molar-refractivity contribution in [2.75, 3.05) is 6.54 Å². The number of amides is 1. The van der Waals surface area contributed by atoms with Gasteiger partial charge in [0.15, 0.2) is 5.75 Å². The van der Waals surface area contributed by atoms with Crippen LogP contribution < -0.4 is 15.5 Å². The molecule has 1 aliphatic carbocycles. The number of nitrogens with zero attached hydrogens (tertiary/aromatic N) is 2. The summed E-state index contributed by atoms with van der Waals surface area (Å²) in [5.41, 5.74) is 1.81. The van der Waals surface area contributed by atoms with Gasteiger partial charge < -0.3 is 23.9 Å². The first-order chi connectivity index (χ1) is 14.1. The van der Waals surface area contributed by atoms with Crippen molar-refractivity contribution in [1.82, 2.24) is 14.9 Å². The second-order valence-corrected chi connectivity index (χ2v) is 9.63.